The molecule has 0 aromatic heterocycles. The molecule has 2 aromatic rings. The summed E-state index contributed by atoms with van der Waals surface area (Å²) in [4.78, 5) is 0. The summed E-state index contributed by atoms with van der Waals surface area (Å²) in [6.45, 7) is 0.506. The average Bonchev–Trinajstić information content (AvgIpc) is 2.47. The van der Waals surface area contributed by atoms with Crippen LogP contribution in [0.25, 0.3) is 0 Å². The molecule has 1 N–H and O–H groups in total. The molecule has 0 aliphatic rings. The van der Waals surface area contributed by atoms with Crippen LogP contribution >= 0.6 is 22.6 Å². The zero-order valence-electron chi connectivity index (χ0n) is 11.6. The van der Waals surface area contributed by atoms with Gasteiger partial charge >= 0.3 is 0 Å². The van der Waals surface area contributed by atoms with E-state index in [1.54, 1.807) is 6.07 Å². The van der Waals surface area contributed by atoms with E-state index in [2.05, 4.69) is 5.32 Å². The fourth-order valence-electron chi connectivity index (χ4n) is 1.72. The van der Waals surface area contributed by atoms with Gasteiger partial charge in [-0.05, 0) is 40.8 Å². The smallest absolute Gasteiger partial charge is 0.182 e. The Bertz CT molecular complexity index is 667. The lowest BCUT2D eigenvalue weighted by Crippen LogP contribution is -2.06. The first-order valence-electron chi connectivity index (χ1n) is 6.34. The van der Waals surface area contributed by atoms with Crippen molar-refractivity contribution in [2.24, 2.45) is 0 Å². The number of hydrogen-bond donors (Lipinski definition) is 1. The van der Waals surface area contributed by atoms with Gasteiger partial charge in [0, 0.05) is 22.8 Å². The number of methoxy groups -OCH3 is 1. The Labute approximate surface area is 139 Å². The first-order chi connectivity index (χ1) is 10.5. The SMILES string of the molecule is COCCOc1cc(F)c(F)c(Nc2ccc(I)cc2F)c1. The summed E-state index contributed by atoms with van der Waals surface area (Å²) in [5.74, 6) is -2.61. The molecule has 22 heavy (non-hydrogen) atoms. The van der Waals surface area contributed by atoms with Crippen molar-refractivity contribution >= 4 is 34.0 Å². The van der Waals surface area contributed by atoms with Crippen molar-refractivity contribution in [3.63, 3.8) is 0 Å². The van der Waals surface area contributed by atoms with Gasteiger partial charge < -0.3 is 14.8 Å². The van der Waals surface area contributed by atoms with Crippen molar-refractivity contribution in [1.29, 1.82) is 0 Å². The lowest BCUT2D eigenvalue weighted by Gasteiger charge is -2.12. The summed E-state index contributed by atoms with van der Waals surface area (Å²) in [5.41, 5.74) is -0.153. The van der Waals surface area contributed by atoms with E-state index in [-0.39, 0.29) is 23.7 Å². The van der Waals surface area contributed by atoms with Crippen LogP contribution in [0.3, 0.4) is 0 Å². The number of benzene rings is 2. The summed E-state index contributed by atoms with van der Waals surface area (Å²) in [7, 11) is 1.50. The molecule has 0 aliphatic carbocycles. The van der Waals surface area contributed by atoms with E-state index in [0.29, 0.717) is 10.2 Å². The van der Waals surface area contributed by atoms with Crippen LogP contribution in [0.15, 0.2) is 30.3 Å². The fraction of sp³-hybridized carbons (Fsp3) is 0.200. The van der Waals surface area contributed by atoms with Gasteiger partial charge in [-0.3, -0.25) is 0 Å². The fourth-order valence-corrected chi connectivity index (χ4v) is 2.17. The van der Waals surface area contributed by atoms with E-state index in [1.165, 1.54) is 25.3 Å². The Morgan fingerprint density at radius 3 is 2.45 bits per heavy atom. The van der Waals surface area contributed by atoms with Crippen LogP contribution in [0.4, 0.5) is 24.5 Å². The lowest BCUT2D eigenvalue weighted by atomic mass is 10.2. The van der Waals surface area contributed by atoms with Crippen LogP contribution in [-0.2, 0) is 4.74 Å². The summed E-state index contributed by atoms with van der Waals surface area (Å²) >= 11 is 1.96. The van der Waals surface area contributed by atoms with Gasteiger partial charge in [-0.15, -0.1) is 0 Å². The van der Waals surface area contributed by atoms with E-state index in [1.807, 2.05) is 22.6 Å². The molecule has 3 nitrogen and oxygen atoms in total. The maximum Gasteiger partial charge on any atom is 0.182 e. The number of rotatable bonds is 6. The summed E-state index contributed by atoms with van der Waals surface area (Å²) in [6.07, 6.45) is 0. The van der Waals surface area contributed by atoms with Gasteiger partial charge in [-0.25, -0.2) is 13.2 Å². The maximum atomic E-state index is 13.8. The monoisotopic (exact) mass is 423 g/mol. The molecule has 2 aromatic carbocycles. The van der Waals surface area contributed by atoms with E-state index < -0.39 is 17.5 Å². The third-order valence-electron chi connectivity index (χ3n) is 2.76. The molecule has 0 spiro atoms. The minimum absolute atomic E-state index is 0.0488. The molecule has 0 saturated carbocycles. The summed E-state index contributed by atoms with van der Waals surface area (Å²) in [5, 5.41) is 2.53. The highest BCUT2D eigenvalue weighted by Gasteiger charge is 2.13. The van der Waals surface area contributed by atoms with Crippen molar-refractivity contribution < 1.29 is 22.6 Å². The zero-order chi connectivity index (χ0) is 16.1. The summed E-state index contributed by atoms with van der Waals surface area (Å²) in [6, 6.07) is 6.59. The molecule has 0 saturated heterocycles. The van der Waals surface area contributed by atoms with Gasteiger partial charge in [0.25, 0.3) is 0 Å². The van der Waals surface area contributed by atoms with Crippen LogP contribution in [-0.4, -0.2) is 20.3 Å². The number of anilines is 2. The Hall–Kier alpha value is -1.48. The molecule has 0 unspecified atom stereocenters. The molecule has 0 heterocycles. The molecule has 0 bridgehead atoms. The highest BCUT2D eigenvalue weighted by Crippen LogP contribution is 2.29. The third kappa shape index (κ3) is 4.26. The Morgan fingerprint density at radius 1 is 1.00 bits per heavy atom. The molecule has 7 heteroatoms. The molecule has 118 valence electrons. The van der Waals surface area contributed by atoms with E-state index in [4.69, 9.17) is 9.47 Å². The lowest BCUT2D eigenvalue weighted by molar-refractivity contribution is 0.146. The third-order valence-corrected chi connectivity index (χ3v) is 3.43. The molecule has 2 rings (SSSR count). The Morgan fingerprint density at radius 2 is 1.77 bits per heavy atom. The molecule has 0 fully saturated rings. The minimum atomic E-state index is -1.10. The highest BCUT2D eigenvalue weighted by atomic mass is 127. The predicted octanol–water partition coefficient (Wildman–Crippen LogP) is 4.48. The normalized spacial score (nSPS) is 10.6. The van der Waals surface area contributed by atoms with Crippen LogP contribution in [0.5, 0.6) is 5.75 Å². The number of hydrogen-bond acceptors (Lipinski definition) is 3. The zero-order valence-corrected chi connectivity index (χ0v) is 13.8. The average molecular weight is 423 g/mol. The standard InChI is InChI=1S/C15H13F3INO2/c1-21-4-5-22-10-7-12(17)15(18)14(8-10)20-13-3-2-9(19)6-11(13)16/h2-3,6-8,20H,4-5H2,1H3. The predicted molar refractivity (Wildman–Crippen MR) is 86.1 cm³/mol. The molecule has 0 aliphatic heterocycles. The van der Waals surface area contributed by atoms with Gasteiger partial charge in [0.1, 0.15) is 18.2 Å². The Kier molecular flexibility index (Phi) is 5.90. The van der Waals surface area contributed by atoms with Crippen molar-refractivity contribution in [2.45, 2.75) is 0 Å². The first kappa shape index (κ1) is 16.9. The van der Waals surface area contributed by atoms with Crippen LogP contribution in [0.2, 0.25) is 0 Å². The second-order valence-corrected chi connectivity index (χ2v) is 5.60. The quantitative estimate of drug-likeness (QED) is 0.549. The van der Waals surface area contributed by atoms with Crippen molar-refractivity contribution in [3.8, 4) is 5.75 Å². The second-order valence-electron chi connectivity index (χ2n) is 4.36. The molecular weight excluding hydrogens is 410 g/mol. The van der Waals surface area contributed by atoms with Crippen LogP contribution < -0.4 is 10.1 Å². The second kappa shape index (κ2) is 7.68. The number of halogens is 4. The highest BCUT2D eigenvalue weighted by molar-refractivity contribution is 14.1. The van der Waals surface area contributed by atoms with E-state index in [0.717, 1.165) is 6.07 Å². The number of nitrogens with one attached hydrogen (secondary N) is 1. The van der Waals surface area contributed by atoms with Gasteiger partial charge in [-0.1, -0.05) is 0 Å². The van der Waals surface area contributed by atoms with Crippen molar-refractivity contribution in [1.82, 2.24) is 0 Å². The van der Waals surface area contributed by atoms with Gasteiger partial charge in [0.05, 0.1) is 18.0 Å². The van der Waals surface area contributed by atoms with Crippen LogP contribution in [0.1, 0.15) is 0 Å². The molecule has 0 radical (unpaired) electrons. The van der Waals surface area contributed by atoms with E-state index >= 15 is 0 Å². The Balaban J connectivity index is 2.25. The topological polar surface area (TPSA) is 30.5 Å². The summed E-state index contributed by atoms with van der Waals surface area (Å²) < 4.78 is 52.0. The number of ether oxygens (including phenoxy) is 2. The largest absolute Gasteiger partial charge is 0.491 e. The van der Waals surface area contributed by atoms with Gasteiger partial charge in [0.15, 0.2) is 11.6 Å². The van der Waals surface area contributed by atoms with Gasteiger partial charge in [0.2, 0.25) is 0 Å². The minimum Gasteiger partial charge on any atom is -0.491 e. The first-order valence-corrected chi connectivity index (χ1v) is 7.42. The van der Waals surface area contributed by atoms with Crippen molar-refractivity contribution in [2.75, 3.05) is 25.6 Å². The maximum absolute atomic E-state index is 13.8. The molecule has 0 atom stereocenters. The van der Waals surface area contributed by atoms with Crippen molar-refractivity contribution in [3.05, 3.63) is 51.4 Å². The van der Waals surface area contributed by atoms with Crippen LogP contribution in [0, 0.1) is 21.0 Å². The molecular formula is C15H13F3INO2. The van der Waals surface area contributed by atoms with E-state index in [9.17, 15) is 13.2 Å². The molecule has 0 amide bonds. The van der Waals surface area contributed by atoms with Gasteiger partial charge in [-0.2, -0.15) is 0 Å².